The van der Waals surface area contributed by atoms with Crippen LogP contribution in [0.3, 0.4) is 0 Å². The minimum atomic E-state index is -4.19. The van der Waals surface area contributed by atoms with Gasteiger partial charge in [0.2, 0.25) is 0 Å². The minimum Gasteiger partial charge on any atom is -0.358 e. The Morgan fingerprint density at radius 2 is 2.08 bits per heavy atom. The molecule has 1 heterocycles. The molecule has 0 aromatic carbocycles. The molecule has 12 heavy (non-hydrogen) atoms. The fourth-order valence-corrected chi connectivity index (χ4v) is 0.992. The molecule has 70 valence electrons. The highest BCUT2D eigenvalue weighted by Crippen LogP contribution is 2.26. The van der Waals surface area contributed by atoms with E-state index in [-0.39, 0.29) is 12.6 Å². The number of hydrogen-bond donors (Lipinski definition) is 0. The van der Waals surface area contributed by atoms with Crippen molar-refractivity contribution >= 4 is 6.34 Å². The van der Waals surface area contributed by atoms with Gasteiger partial charge >= 0.3 is 6.18 Å². The molecule has 0 bridgehead atoms. The van der Waals surface area contributed by atoms with E-state index in [0.29, 0.717) is 0 Å². The van der Waals surface area contributed by atoms with Crippen LogP contribution in [-0.2, 0) is 0 Å². The Bertz CT molecular complexity index is 186. The van der Waals surface area contributed by atoms with Crippen LogP contribution in [0, 0.1) is 0 Å². The molecule has 0 saturated heterocycles. The van der Waals surface area contributed by atoms with Crippen LogP contribution >= 0.6 is 0 Å². The van der Waals surface area contributed by atoms with E-state index in [2.05, 4.69) is 4.99 Å². The first kappa shape index (κ1) is 9.35. The second-order valence-corrected chi connectivity index (χ2v) is 3.11. The van der Waals surface area contributed by atoms with Crippen molar-refractivity contribution in [2.24, 2.45) is 4.99 Å². The van der Waals surface area contributed by atoms with Gasteiger partial charge in [-0.05, 0) is 13.8 Å². The predicted octanol–water partition coefficient (Wildman–Crippen LogP) is 1.67. The number of rotatable bonds is 1. The Morgan fingerprint density at radius 3 is 2.33 bits per heavy atom. The van der Waals surface area contributed by atoms with Gasteiger partial charge in [0.15, 0.2) is 6.04 Å². The summed E-state index contributed by atoms with van der Waals surface area (Å²) in [5.41, 5.74) is 0. The number of halogens is 3. The molecule has 0 amide bonds. The molecule has 1 rings (SSSR count). The van der Waals surface area contributed by atoms with Crippen LogP contribution in [0.1, 0.15) is 13.8 Å². The van der Waals surface area contributed by atoms with Crippen molar-refractivity contribution in [3.05, 3.63) is 0 Å². The summed E-state index contributed by atoms with van der Waals surface area (Å²) in [6.07, 6.45) is -2.91. The van der Waals surface area contributed by atoms with Gasteiger partial charge in [-0.25, -0.2) is 0 Å². The van der Waals surface area contributed by atoms with E-state index in [9.17, 15) is 13.2 Å². The summed E-state index contributed by atoms with van der Waals surface area (Å²) in [5, 5.41) is 0. The lowest BCUT2D eigenvalue weighted by atomic mass is 10.2. The SMILES string of the molecule is CC(C)N1C=NC(C(F)(F)F)C1. The molecule has 1 unspecified atom stereocenters. The van der Waals surface area contributed by atoms with Crippen molar-refractivity contribution in [3.63, 3.8) is 0 Å². The van der Waals surface area contributed by atoms with Gasteiger partial charge in [0.1, 0.15) is 0 Å². The van der Waals surface area contributed by atoms with Crippen molar-refractivity contribution in [3.8, 4) is 0 Å². The van der Waals surface area contributed by atoms with Crippen LogP contribution in [0.25, 0.3) is 0 Å². The van der Waals surface area contributed by atoms with E-state index in [1.807, 2.05) is 13.8 Å². The first-order chi connectivity index (χ1) is 5.41. The van der Waals surface area contributed by atoms with Crippen LogP contribution in [0.4, 0.5) is 13.2 Å². The maximum absolute atomic E-state index is 12.1. The summed E-state index contributed by atoms with van der Waals surface area (Å²) in [4.78, 5) is 4.97. The monoisotopic (exact) mass is 180 g/mol. The fraction of sp³-hybridized carbons (Fsp3) is 0.857. The molecule has 0 radical (unpaired) electrons. The lowest BCUT2D eigenvalue weighted by Crippen LogP contribution is -2.36. The van der Waals surface area contributed by atoms with Crippen molar-refractivity contribution in [1.82, 2.24) is 4.90 Å². The highest BCUT2D eigenvalue weighted by Gasteiger charge is 2.42. The zero-order valence-corrected chi connectivity index (χ0v) is 6.97. The minimum absolute atomic E-state index is 0.0405. The van der Waals surface area contributed by atoms with Crippen molar-refractivity contribution in [2.75, 3.05) is 6.54 Å². The molecule has 0 fully saturated rings. The summed E-state index contributed by atoms with van der Waals surface area (Å²) in [5.74, 6) is 0. The van der Waals surface area contributed by atoms with Gasteiger partial charge in [0.05, 0.1) is 12.9 Å². The van der Waals surface area contributed by atoms with Crippen LogP contribution in [0.5, 0.6) is 0 Å². The van der Waals surface area contributed by atoms with Crippen molar-refractivity contribution in [1.29, 1.82) is 0 Å². The Kier molecular flexibility index (Phi) is 2.30. The third kappa shape index (κ3) is 1.89. The molecule has 0 saturated carbocycles. The summed E-state index contributed by atoms with van der Waals surface area (Å²) >= 11 is 0. The molecule has 1 aliphatic rings. The Morgan fingerprint density at radius 1 is 1.50 bits per heavy atom. The van der Waals surface area contributed by atoms with Crippen LogP contribution < -0.4 is 0 Å². The van der Waals surface area contributed by atoms with Crippen LogP contribution in [-0.4, -0.2) is 36.0 Å². The predicted molar refractivity (Wildman–Crippen MR) is 40.2 cm³/mol. The first-order valence-corrected chi connectivity index (χ1v) is 3.77. The van der Waals surface area contributed by atoms with Gasteiger partial charge in [-0.2, -0.15) is 13.2 Å². The van der Waals surface area contributed by atoms with E-state index >= 15 is 0 Å². The maximum Gasteiger partial charge on any atom is 0.412 e. The lowest BCUT2D eigenvalue weighted by Gasteiger charge is -2.20. The highest BCUT2D eigenvalue weighted by molar-refractivity contribution is 5.58. The van der Waals surface area contributed by atoms with Crippen molar-refractivity contribution < 1.29 is 13.2 Å². The average molecular weight is 180 g/mol. The standard InChI is InChI=1S/C7H11F3N2/c1-5(2)12-3-6(11-4-12)7(8,9)10/h4-6H,3H2,1-2H3. The smallest absolute Gasteiger partial charge is 0.358 e. The topological polar surface area (TPSA) is 15.6 Å². The second-order valence-electron chi connectivity index (χ2n) is 3.11. The normalized spacial score (nSPS) is 24.2. The molecule has 0 aromatic heterocycles. The van der Waals surface area contributed by atoms with Crippen molar-refractivity contribution in [2.45, 2.75) is 32.1 Å². The summed E-state index contributed by atoms with van der Waals surface area (Å²) in [7, 11) is 0. The van der Waals surface area contributed by atoms with Gasteiger partial charge in [-0.15, -0.1) is 0 Å². The van der Waals surface area contributed by atoms with E-state index in [1.165, 1.54) is 6.34 Å². The molecule has 5 heteroatoms. The molecule has 1 atom stereocenters. The Hall–Kier alpha value is -0.740. The summed E-state index contributed by atoms with van der Waals surface area (Å²) < 4.78 is 36.2. The van der Waals surface area contributed by atoms with E-state index < -0.39 is 12.2 Å². The first-order valence-electron chi connectivity index (χ1n) is 3.77. The van der Waals surface area contributed by atoms with Crippen LogP contribution in [0.2, 0.25) is 0 Å². The second kappa shape index (κ2) is 2.95. The zero-order valence-electron chi connectivity index (χ0n) is 6.97. The van der Waals surface area contributed by atoms with Gasteiger partial charge in [-0.3, -0.25) is 4.99 Å². The van der Waals surface area contributed by atoms with Gasteiger partial charge in [0, 0.05) is 6.04 Å². The molecule has 1 aliphatic heterocycles. The largest absolute Gasteiger partial charge is 0.412 e. The average Bonchev–Trinajstić information content (AvgIpc) is 2.30. The van der Waals surface area contributed by atoms with E-state index in [1.54, 1.807) is 4.90 Å². The molecule has 0 spiro atoms. The molecule has 0 N–H and O–H groups in total. The maximum atomic E-state index is 12.1. The van der Waals surface area contributed by atoms with Gasteiger partial charge in [-0.1, -0.05) is 0 Å². The number of hydrogen-bond acceptors (Lipinski definition) is 2. The number of nitrogens with zero attached hydrogens (tertiary/aromatic N) is 2. The summed E-state index contributed by atoms with van der Waals surface area (Å²) in [6.45, 7) is 3.64. The van der Waals surface area contributed by atoms with E-state index in [4.69, 9.17) is 0 Å². The quantitative estimate of drug-likeness (QED) is 0.599. The Balaban J connectivity index is 2.54. The highest BCUT2D eigenvalue weighted by atomic mass is 19.4. The van der Waals surface area contributed by atoms with Crippen LogP contribution in [0.15, 0.2) is 4.99 Å². The lowest BCUT2D eigenvalue weighted by molar-refractivity contribution is -0.146. The zero-order chi connectivity index (χ0) is 9.35. The third-order valence-electron chi connectivity index (χ3n) is 1.82. The third-order valence-corrected chi connectivity index (χ3v) is 1.82. The molecular formula is C7H11F3N2. The molecule has 0 aromatic rings. The summed E-state index contributed by atoms with van der Waals surface area (Å²) in [6, 6.07) is -1.44. The molecule has 2 nitrogen and oxygen atoms in total. The van der Waals surface area contributed by atoms with Gasteiger partial charge in [0.25, 0.3) is 0 Å². The fourth-order valence-electron chi connectivity index (χ4n) is 0.992. The number of alkyl halides is 3. The molecule has 0 aliphatic carbocycles. The van der Waals surface area contributed by atoms with E-state index in [0.717, 1.165) is 0 Å². The Labute approximate surface area is 69.1 Å². The number of aliphatic imine (C=N–C) groups is 1. The van der Waals surface area contributed by atoms with Gasteiger partial charge < -0.3 is 4.90 Å². The molecular weight excluding hydrogens is 169 g/mol.